The van der Waals surface area contributed by atoms with Crippen molar-refractivity contribution in [1.82, 2.24) is 30.1 Å². The molecule has 1 aromatic heterocycles. The van der Waals surface area contributed by atoms with Crippen molar-refractivity contribution < 1.29 is 51.3 Å². The number of sulfonamides is 1. The predicted octanol–water partition coefficient (Wildman–Crippen LogP) is 4.54. The normalized spacial score (nSPS) is 30.5. The van der Waals surface area contributed by atoms with Crippen LogP contribution in [0.25, 0.3) is 10.9 Å². The number of para-hydroxylation sites is 1. The van der Waals surface area contributed by atoms with E-state index >= 15 is 4.79 Å². The Balaban J connectivity index is 1.07. The van der Waals surface area contributed by atoms with Crippen molar-refractivity contribution in [2.24, 2.45) is 17.8 Å². The first-order chi connectivity index (χ1) is 31.8. The fraction of sp³-hybridized carbons (Fsp3) is 0.688. The van der Waals surface area contributed by atoms with Gasteiger partial charge in [-0.05, 0) is 88.7 Å². The maximum Gasteiger partial charge on any atom is 0.408 e. The van der Waals surface area contributed by atoms with Crippen LogP contribution in [-0.4, -0.2) is 135 Å². The number of hydrogen-bond acceptors (Lipinski definition) is 13. The molecular weight excluding hydrogens is 869 g/mol. The maximum absolute atomic E-state index is 15.2. The summed E-state index contributed by atoms with van der Waals surface area (Å²) in [4.78, 5) is 66.5. The second-order valence-electron chi connectivity index (χ2n) is 19.8. The molecule has 4 aliphatic carbocycles. The van der Waals surface area contributed by atoms with Gasteiger partial charge in [-0.15, -0.1) is 6.58 Å². The first-order valence-corrected chi connectivity index (χ1v) is 25.7. The number of alkyl carbamates (subject to hydrolysis) is 1. The molecule has 7 atom stereocenters. The van der Waals surface area contributed by atoms with E-state index in [1.54, 1.807) is 14.0 Å². The van der Waals surface area contributed by atoms with Gasteiger partial charge in [-0.3, -0.25) is 24.0 Å². The fourth-order valence-corrected chi connectivity index (χ4v) is 11.8. The van der Waals surface area contributed by atoms with Crippen molar-refractivity contribution in [2.45, 2.75) is 138 Å². The van der Waals surface area contributed by atoms with E-state index in [2.05, 4.69) is 26.8 Å². The minimum absolute atomic E-state index is 0.0221. The number of morpholine rings is 1. The van der Waals surface area contributed by atoms with Crippen LogP contribution >= 0.6 is 0 Å². The summed E-state index contributed by atoms with van der Waals surface area (Å²) in [6.07, 6.45) is 10.1. The first-order valence-electron chi connectivity index (χ1n) is 24.2. The molecule has 0 spiro atoms. The quantitative estimate of drug-likeness (QED) is 0.251. The van der Waals surface area contributed by atoms with Crippen LogP contribution in [0.1, 0.15) is 102 Å². The molecule has 3 aliphatic heterocycles. The molecule has 17 nitrogen and oxygen atoms in total. The van der Waals surface area contributed by atoms with Crippen molar-refractivity contribution in [2.75, 3.05) is 53.1 Å². The van der Waals surface area contributed by atoms with Gasteiger partial charge in [0.15, 0.2) is 0 Å². The van der Waals surface area contributed by atoms with E-state index in [-0.39, 0.29) is 37.3 Å². The highest BCUT2D eigenvalue weighted by Crippen LogP contribution is 2.48. The third kappa shape index (κ3) is 9.69. The summed E-state index contributed by atoms with van der Waals surface area (Å²) in [5, 5.41) is 6.65. The SMILES string of the molecule is C=C[C@@H]1C[C@]1(NC(=O)[C@@H]1C[C@@H]2CN1C(=O)[C@H](C1CCCCC1)NC(=O)O[C@@H]1C[C@H]1CCCCCc1c(nc3c(OC)cccc3c1OCCN1CCOCC1)O2)C(=O)NS(=O)(=O)C1(C)CC1. The van der Waals surface area contributed by atoms with Crippen LogP contribution in [0.2, 0.25) is 0 Å². The largest absolute Gasteiger partial charge is 0.494 e. The van der Waals surface area contributed by atoms with Gasteiger partial charge >= 0.3 is 6.09 Å². The predicted molar refractivity (Wildman–Crippen MR) is 244 cm³/mol. The lowest BCUT2D eigenvalue weighted by molar-refractivity contribution is -0.142. The molecule has 4 amide bonds. The Morgan fingerprint density at radius 1 is 1.02 bits per heavy atom. The molecule has 0 unspecified atom stereocenters. The minimum atomic E-state index is -4.02. The Kier molecular flexibility index (Phi) is 13.5. The fourth-order valence-electron chi connectivity index (χ4n) is 10.5. The maximum atomic E-state index is 15.2. The van der Waals surface area contributed by atoms with E-state index in [1.165, 1.54) is 11.0 Å². The van der Waals surface area contributed by atoms with Crippen molar-refractivity contribution in [3.63, 3.8) is 0 Å². The molecule has 4 saturated carbocycles. The summed E-state index contributed by atoms with van der Waals surface area (Å²) in [7, 11) is -2.44. The summed E-state index contributed by atoms with van der Waals surface area (Å²) >= 11 is 0. The molecule has 1 aromatic carbocycles. The van der Waals surface area contributed by atoms with Gasteiger partial charge in [-0.25, -0.2) is 18.2 Å². The number of aromatic nitrogens is 1. The van der Waals surface area contributed by atoms with Crippen molar-refractivity contribution in [1.29, 1.82) is 0 Å². The number of rotatable bonds is 12. The molecule has 360 valence electrons. The van der Waals surface area contributed by atoms with E-state index < -0.39 is 68.2 Å². The smallest absolute Gasteiger partial charge is 0.408 e. The summed E-state index contributed by atoms with van der Waals surface area (Å²) in [5.41, 5.74) is -0.244. The number of carbonyl (C=O) groups is 4. The van der Waals surface area contributed by atoms with Crippen LogP contribution < -0.4 is 29.6 Å². The lowest BCUT2D eigenvalue weighted by Crippen LogP contribution is -2.59. The zero-order valence-corrected chi connectivity index (χ0v) is 39.2. The zero-order valence-electron chi connectivity index (χ0n) is 38.4. The molecule has 2 bridgehead atoms. The lowest BCUT2D eigenvalue weighted by Gasteiger charge is -2.34. The van der Waals surface area contributed by atoms with E-state index in [4.69, 9.17) is 28.7 Å². The molecule has 2 saturated heterocycles. The Labute approximate surface area is 387 Å². The van der Waals surface area contributed by atoms with Crippen LogP contribution in [0.5, 0.6) is 17.4 Å². The summed E-state index contributed by atoms with van der Waals surface area (Å²) < 4.78 is 58.7. The third-order valence-electron chi connectivity index (χ3n) is 15.3. The number of amides is 4. The van der Waals surface area contributed by atoms with Crippen molar-refractivity contribution in [3.8, 4) is 17.4 Å². The van der Waals surface area contributed by atoms with E-state index in [0.717, 1.165) is 75.4 Å². The van der Waals surface area contributed by atoms with Crippen LogP contribution in [-0.2, 0) is 40.3 Å². The third-order valence-corrected chi connectivity index (χ3v) is 17.4. The van der Waals surface area contributed by atoms with Gasteiger partial charge in [0.1, 0.15) is 53.5 Å². The van der Waals surface area contributed by atoms with Crippen LogP contribution in [0.15, 0.2) is 30.9 Å². The number of carbonyl (C=O) groups excluding carboxylic acids is 4. The Hall–Kier alpha value is -4.68. The lowest BCUT2D eigenvalue weighted by atomic mass is 9.83. The Bertz CT molecular complexity index is 2300. The van der Waals surface area contributed by atoms with Crippen LogP contribution in [0.3, 0.4) is 0 Å². The standard InChI is InChI=1S/C48H66N6O11S/c1-4-32-28-48(32,45(57)52-66(59,60)47(2)18-19-47)51-42(55)36-27-33-29-54(36)44(56)39(30-12-7-5-8-13-30)50-46(58)65-38-26-31(38)14-9-6-10-15-35-41(63-25-22-53-20-23-62-24-21-53)34-16-11-17-37(61-3)40(34)49-43(35)64-33/h4,11,16-17,30-33,36,38-39H,1,5-10,12-15,18-29H2,2-3H3,(H,50,58)(H,51,55)(H,52,57)/t31-,32-,33-,36+,38-,39+,48-/m1/s1. The Morgan fingerprint density at radius 2 is 1.76 bits per heavy atom. The second-order valence-corrected chi connectivity index (χ2v) is 22.0. The highest BCUT2D eigenvalue weighted by Gasteiger charge is 2.63. The molecule has 66 heavy (non-hydrogen) atoms. The summed E-state index contributed by atoms with van der Waals surface area (Å²) in [6.45, 7) is 9.51. The summed E-state index contributed by atoms with van der Waals surface area (Å²) in [5.74, 6) is -0.900. The number of pyridine rings is 1. The first kappa shape index (κ1) is 46.4. The van der Waals surface area contributed by atoms with Gasteiger partial charge in [-0.1, -0.05) is 44.2 Å². The van der Waals surface area contributed by atoms with Gasteiger partial charge in [0.05, 0.1) is 37.2 Å². The van der Waals surface area contributed by atoms with Crippen molar-refractivity contribution >= 4 is 44.7 Å². The zero-order chi connectivity index (χ0) is 46.2. The molecule has 7 aliphatic rings. The van der Waals surface area contributed by atoms with Gasteiger partial charge in [0.2, 0.25) is 27.7 Å². The Morgan fingerprint density at radius 3 is 2.47 bits per heavy atom. The summed E-state index contributed by atoms with van der Waals surface area (Å²) in [6, 6.07) is 3.59. The number of ether oxygens (including phenoxy) is 5. The minimum Gasteiger partial charge on any atom is -0.494 e. The number of fused-ring (bicyclic) bond motifs is 5. The molecule has 18 heteroatoms. The monoisotopic (exact) mass is 934 g/mol. The second kappa shape index (κ2) is 19.1. The highest BCUT2D eigenvalue weighted by atomic mass is 32.2. The van der Waals surface area contributed by atoms with E-state index in [9.17, 15) is 22.8 Å². The molecule has 6 fully saturated rings. The molecule has 2 aromatic rings. The number of hydrogen-bond donors (Lipinski definition) is 3. The molecule has 3 N–H and O–H groups in total. The van der Waals surface area contributed by atoms with Crippen LogP contribution in [0.4, 0.5) is 4.79 Å². The average molecular weight is 935 g/mol. The number of nitrogens with one attached hydrogen (secondary N) is 3. The van der Waals surface area contributed by atoms with Gasteiger partial charge in [0.25, 0.3) is 5.91 Å². The van der Waals surface area contributed by atoms with E-state index in [1.807, 2.05) is 18.2 Å². The highest BCUT2D eigenvalue weighted by molar-refractivity contribution is 7.91. The number of methoxy groups -OCH3 is 1. The van der Waals surface area contributed by atoms with Gasteiger partial charge in [0, 0.05) is 37.4 Å². The van der Waals surface area contributed by atoms with Gasteiger partial charge in [-0.2, -0.15) is 0 Å². The molecule has 0 radical (unpaired) electrons. The van der Waals surface area contributed by atoms with Gasteiger partial charge < -0.3 is 39.2 Å². The van der Waals surface area contributed by atoms with Crippen LogP contribution in [0, 0.1) is 17.8 Å². The molecular formula is C48H66N6O11S. The number of nitrogens with zero attached hydrogens (tertiary/aromatic N) is 3. The topological polar surface area (TPSA) is 204 Å². The van der Waals surface area contributed by atoms with E-state index in [0.29, 0.717) is 81.4 Å². The molecule has 9 rings (SSSR count). The molecule has 4 heterocycles. The average Bonchev–Trinajstić information content (AvgIpc) is 4.28. The van der Waals surface area contributed by atoms with Crippen molar-refractivity contribution in [3.05, 3.63) is 36.4 Å². The number of benzene rings is 1.